The highest BCUT2D eigenvalue weighted by molar-refractivity contribution is 5.53. The van der Waals surface area contributed by atoms with Crippen molar-refractivity contribution in [3.8, 4) is 5.75 Å². The largest absolute Gasteiger partial charge is 0.497 e. The summed E-state index contributed by atoms with van der Waals surface area (Å²) >= 11 is 0. The van der Waals surface area contributed by atoms with Crippen LogP contribution in [0.2, 0.25) is 0 Å². The molecule has 0 aliphatic rings. The highest BCUT2D eigenvalue weighted by Crippen LogP contribution is 2.13. The maximum Gasteiger partial charge on any atom is 0.118 e. The monoisotopic (exact) mass is 253 g/mol. The zero-order chi connectivity index (χ0) is 13.5. The van der Waals surface area contributed by atoms with Gasteiger partial charge in [-0.15, -0.1) is 0 Å². The lowest BCUT2D eigenvalue weighted by Crippen LogP contribution is -2.11. The molecule has 0 fully saturated rings. The fourth-order valence-electron chi connectivity index (χ4n) is 1.82. The number of methoxy groups -OCH3 is 1. The molecule has 0 aliphatic carbocycles. The summed E-state index contributed by atoms with van der Waals surface area (Å²) < 4.78 is 5.14. The summed E-state index contributed by atoms with van der Waals surface area (Å²) in [5, 5.41) is 3.42. The first-order valence-electron chi connectivity index (χ1n) is 6.42. The number of hydrogen-bond donors (Lipinski definition) is 1. The molecule has 2 aromatic rings. The van der Waals surface area contributed by atoms with Crippen molar-refractivity contribution in [3.63, 3.8) is 0 Å². The van der Waals surface area contributed by atoms with Crippen molar-refractivity contribution in [2.24, 2.45) is 0 Å². The van der Waals surface area contributed by atoms with Crippen LogP contribution in [0, 0.1) is 0 Å². The molecule has 0 heterocycles. The molecule has 2 nitrogen and oxygen atoms in total. The van der Waals surface area contributed by atoms with Gasteiger partial charge < -0.3 is 10.1 Å². The normalized spacial score (nSPS) is 12.3. The average Bonchev–Trinajstić information content (AvgIpc) is 2.47. The molecule has 1 N–H and O–H groups in total. The highest BCUT2D eigenvalue weighted by Gasteiger charge is 1.96. The molecule has 0 spiro atoms. The minimum atomic E-state index is 0.282. The van der Waals surface area contributed by atoms with Gasteiger partial charge in [0, 0.05) is 11.7 Å². The van der Waals surface area contributed by atoms with E-state index in [1.165, 1.54) is 5.56 Å². The van der Waals surface area contributed by atoms with Crippen LogP contribution in [0.4, 0.5) is 5.69 Å². The van der Waals surface area contributed by atoms with E-state index in [0.29, 0.717) is 0 Å². The van der Waals surface area contributed by atoms with Crippen LogP contribution in [0.5, 0.6) is 5.75 Å². The molecule has 19 heavy (non-hydrogen) atoms. The third kappa shape index (κ3) is 4.18. The van der Waals surface area contributed by atoms with Crippen LogP contribution in [0.1, 0.15) is 12.5 Å². The summed E-state index contributed by atoms with van der Waals surface area (Å²) in [5.74, 6) is 0.882. The van der Waals surface area contributed by atoms with E-state index in [1.54, 1.807) is 7.11 Å². The van der Waals surface area contributed by atoms with Gasteiger partial charge in [0.2, 0.25) is 0 Å². The predicted octanol–water partition coefficient (Wildman–Crippen LogP) is 4.21. The molecule has 98 valence electrons. The number of ether oxygens (including phenoxy) is 1. The molecule has 0 bridgehead atoms. The van der Waals surface area contributed by atoms with E-state index in [1.807, 2.05) is 42.5 Å². The molecular formula is C17H19NO. The van der Waals surface area contributed by atoms with Gasteiger partial charge in [-0.2, -0.15) is 0 Å². The van der Waals surface area contributed by atoms with Crippen LogP contribution in [0.25, 0.3) is 6.08 Å². The van der Waals surface area contributed by atoms with Gasteiger partial charge in [-0.25, -0.2) is 0 Å². The Hall–Kier alpha value is -2.22. The van der Waals surface area contributed by atoms with Gasteiger partial charge in [-0.05, 0) is 36.8 Å². The Kier molecular flexibility index (Phi) is 4.62. The summed E-state index contributed by atoms with van der Waals surface area (Å²) in [5.41, 5.74) is 2.30. The number of anilines is 1. The molecular weight excluding hydrogens is 234 g/mol. The van der Waals surface area contributed by atoms with Gasteiger partial charge in [-0.3, -0.25) is 0 Å². The number of rotatable bonds is 5. The van der Waals surface area contributed by atoms with Crippen LogP contribution < -0.4 is 10.1 Å². The Morgan fingerprint density at radius 1 is 1.00 bits per heavy atom. The average molecular weight is 253 g/mol. The zero-order valence-electron chi connectivity index (χ0n) is 11.3. The van der Waals surface area contributed by atoms with Crippen LogP contribution in [0.3, 0.4) is 0 Å². The molecule has 2 rings (SSSR count). The summed E-state index contributed by atoms with van der Waals surface area (Å²) in [7, 11) is 1.68. The topological polar surface area (TPSA) is 21.3 Å². The van der Waals surface area contributed by atoms with Gasteiger partial charge in [0.25, 0.3) is 0 Å². The summed E-state index contributed by atoms with van der Waals surface area (Å²) in [6, 6.07) is 18.5. The lowest BCUT2D eigenvalue weighted by molar-refractivity contribution is 0.415. The molecule has 0 saturated carbocycles. The summed E-state index contributed by atoms with van der Waals surface area (Å²) in [6.45, 7) is 2.13. The van der Waals surface area contributed by atoms with Gasteiger partial charge in [0.05, 0.1) is 7.11 Å². The smallest absolute Gasteiger partial charge is 0.118 e. The maximum absolute atomic E-state index is 5.14. The zero-order valence-corrected chi connectivity index (χ0v) is 11.3. The minimum Gasteiger partial charge on any atom is -0.497 e. The molecule has 2 aromatic carbocycles. The van der Waals surface area contributed by atoms with E-state index in [2.05, 4.69) is 36.5 Å². The molecule has 0 aliphatic heterocycles. The number of benzene rings is 2. The Balaban J connectivity index is 1.94. The Bertz CT molecular complexity index is 517. The molecule has 0 amide bonds. The maximum atomic E-state index is 5.14. The second-order valence-electron chi connectivity index (χ2n) is 4.43. The molecule has 0 aromatic heterocycles. The molecule has 1 unspecified atom stereocenters. The van der Waals surface area contributed by atoms with Gasteiger partial charge in [0.15, 0.2) is 0 Å². The second kappa shape index (κ2) is 6.64. The fourth-order valence-corrected chi connectivity index (χ4v) is 1.82. The Labute approximate surface area is 114 Å². The van der Waals surface area contributed by atoms with E-state index in [-0.39, 0.29) is 6.04 Å². The van der Waals surface area contributed by atoms with Crippen molar-refractivity contribution >= 4 is 11.8 Å². The lowest BCUT2D eigenvalue weighted by atomic mass is 10.1. The van der Waals surface area contributed by atoms with Crippen LogP contribution in [0.15, 0.2) is 60.7 Å². The Morgan fingerprint density at radius 2 is 1.68 bits per heavy atom. The van der Waals surface area contributed by atoms with E-state index in [9.17, 15) is 0 Å². The molecule has 0 saturated heterocycles. The van der Waals surface area contributed by atoms with Gasteiger partial charge in [0.1, 0.15) is 5.75 Å². The first-order chi connectivity index (χ1) is 9.28. The van der Waals surface area contributed by atoms with Gasteiger partial charge in [-0.1, -0.05) is 42.5 Å². The van der Waals surface area contributed by atoms with Crippen LogP contribution in [-0.4, -0.2) is 13.2 Å². The van der Waals surface area contributed by atoms with Crippen molar-refractivity contribution in [2.75, 3.05) is 12.4 Å². The summed E-state index contributed by atoms with van der Waals surface area (Å²) in [6.07, 6.45) is 4.26. The third-order valence-corrected chi connectivity index (χ3v) is 2.86. The first-order valence-corrected chi connectivity index (χ1v) is 6.42. The standard InChI is InChI=1S/C17H19NO/c1-14(18-16-6-4-3-5-7-16)8-9-15-10-12-17(19-2)13-11-15/h3-14,18H,1-2H3. The number of nitrogens with one attached hydrogen (secondary N) is 1. The van der Waals surface area contributed by atoms with Crippen LogP contribution >= 0.6 is 0 Å². The second-order valence-corrected chi connectivity index (χ2v) is 4.43. The first kappa shape index (κ1) is 13.2. The SMILES string of the molecule is COc1ccc(C=CC(C)Nc2ccccc2)cc1. The van der Waals surface area contributed by atoms with Crippen molar-refractivity contribution < 1.29 is 4.74 Å². The number of hydrogen-bond acceptors (Lipinski definition) is 2. The lowest BCUT2D eigenvalue weighted by Gasteiger charge is -2.10. The van der Waals surface area contributed by atoms with Crippen molar-refractivity contribution in [3.05, 3.63) is 66.2 Å². The van der Waals surface area contributed by atoms with Crippen molar-refractivity contribution in [1.82, 2.24) is 0 Å². The highest BCUT2D eigenvalue weighted by atomic mass is 16.5. The summed E-state index contributed by atoms with van der Waals surface area (Å²) in [4.78, 5) is 0. The fraction of sp³-hybridized carbons (Fsp3) is 0.176. The van der Waals surface area contributed by atoms with Gasteiger partial charge >= 0.3 is 0 Å². The van der Waals surface area contributed by atoms with Crippen molar-refractivity contribution in [2.45, 2.75) is 13.0 Å². The third-order valence-electron chi connectivity index (χ3n) is 2.86. The molecule has 0 radical (unpaired) electrons. The van der Waals surface area contributed by atoms with Crippen LogP contribution in [-0.2, 0) is 0 Å². The van der Waals surface area contributed by atoms with E-state index in [0.717, 1.165) is 11.4 Å². The van der Waals surface area contributed by atoms with Crippen molar-refractivity contribution in [1.29, 1.82) is 0 Å². The van der Waals surface area contributed by atoms with E-state index >= 15 is 0 Å². The quantitative estimate of drug-likeness (QED) is 0.862. The Morgan fingerprint density at radius 3 is 2.32 bits per heavy atom. The predicted molar refractivity (Wildman–Crippen MR) is 81.6 cm³/mol. The number of para-hydroxylation sites is 1. The molecule has 2 heteroatoms. The molecule has 1 atom stereocenters. The van der Waals surface area contributed by atoms with E-state index < -0.39 is 0 Å². The minimum absolute atomic E-state index is 0.282. The van der Waals surface area contributed by atoms with E-state index in [4.69, 9.17) is 4.74 Å².